The van der Waals surface area contributed by atoms with Gasteiger partial charge in [-0.25, -0.2) is 13.5 Å². The Labute approximate surface area is 116 Å². The molecule has 4 nitrogen and oxygen atoms in total. The van der Waals surface area contributed by atoms with E-state index in [9.17, 15) is 8.78 Å². The molecule has 2 aromatic rings. The van der Waals surface area contributed by atoms with Crippen LogP contribution in [-0.4, -0.2) is 28.0 Å². The van der Waals surface area contributed by atoms with Gasteiger partial charge in [-0.1, -0.05) is 5.21 Å². The van der Waals surface area contributed by atoms with Crippen LogP contribution in [-0.2, 0) is 6.54 Å². The first-order valence-corrected chi connectivity index (χ1v) is 6.87. The van der Waals surface area contributed by atoms with Crippen LogP contribution in [0.15, 0.2) is 16.6 Å². The van der Waals surface area contributed by atoms with E-state index >= 15 is 0 Å². The first-order valence-electron chi connectivity index (χ1n) is 6.08. The minimum absolute atomic E-state index is 0.367. The first-order chi connectivity index (χ1) is 9.15. The molecule has 0 amide bonds. The number of ether oxygens (including phenoxy) is 1. The van der Waals surface area contributed by atoms with Crippen LogP contribution in [0.5, 0.6) is 5.75 Å². The van der Waals surface area contributed by atoms with E-state index in [-0.39, 0.29) is 0 Å². The van der Waals surface area contributed by atoms with Gasteiger partial charge in [-0.05, 0) is 46.8 Å². The van der Waals surface area contributed by atoms with Gasteiger partial charge in [-0.15, -0.1) is 5.10 Å². The molecule has 19 heavy (non-hydrogen) atoms. The second-order valence-electron chi connectivity index (χ2n) is 4.66. The van der Waals surface area contributed by atoms with Crippen molar-refractivity contribution in [3.05, 3.63) is 16.6 Å². The van der Waals surface area contributed by atoms with Crippen LogP contribution >= 0.6 is 15.9 Å². The monoisotopic (exact) mass is 331 g/mol. The summed E-state index contributed by atoms with van der Waals surface area (Å²) in [6, 6.07) is 3.48. The van der Waals surface area contributed by atoms with Crippen molar-refractivity contribution in [3.8, 4) is 5.75 Å². The molecule has 1 aromatic carbocycles. The van der Waals surface area contributed by atoms with Crippen molar-refractivity contribution >= 4 is 27.0 Å². The van der Waals surface area contributed by atoms with Gasteiger partial charge < -0.3 is 4.74 Å². The van der Waals surface area contributed by atoms with E-state index in [0.29, 0.717) is 21.7 Å². The molecule has 7 heteroatoms. The highest BCUT2D eigenvalue weighted by molar-refractivity contribution is 9.10. The smallest absolute Gasteiger partial charge is 0.272 e. The molecule has 102 valence electrons. The third-order valence-electron chi connectivity index (χ3n) is 3.08. The van der Waals surface area contributed by atoms with Crippen LogP contribution < -0.4 is 4.74 Å². The van der Waals surface area contributed by atoms with Crippen molar-refractivity contribution < 1.29 is 13.5 Å². The summed E-state index contributed by atoms with van der Waals surface area (Å²) in [7, 11) is 0. The molecule has 1 fully saturated rings. The second-order valence-corrected chi connectivity index (χ2v) is 5.46. The molecular weight excluding hydrogens is 320 g/mol. The molecule has 3 rings (SSSR count). The van der Waals surface area contributed by atoms with Crippen LogP contribution in [0.4, 0.5) is 8.78 Å². The van der Waals surface area contributed by atoms with Crippen molar-refractivity contribution in [2.45, 2.75) is 25.8 Å². The van der Waals surface area contributed by atoms with Crippen molar-refractivity contribution in [1.82, 2.24) is 15.0 Å². The van der Waals surface area contributed by atoms with Crippen LogP contribution in [0.1, 0.15) is 12.8 Å². The highest BCUT2D eigenvalue weighted by atomic mass is 79.9. The molecule has 1 aliphatic rings. The van der Waals surface area contributed by atoms with E-state index in [1.165, 1.54) is 12.8 Å². The highest BCUT2D eigenvalue weighted by Crippen LogP contribution is 2.34. The van der Waals surface area contributed by atoms with Gasteiger partial charge >= 0.3 is 0 Å². The average Bonchev–Trinajstić information content (AvgIpc) is 3.09. The Hall–Kier alpha value is -1.24. The lowest BCUT2D eigenvalue weighted by molar-refractivity contribution is 0.0816. The third kappa shape index (κ3) is 2.70. The maximum absolute atomic E-state index is 12.1. The molecule has 1 aromatic heterocycles. The predicted octanol–water partition coefficient (Wildman–Crippen LogP) is 3.25. The number of halogens is 3. The standard InChI is InChI=1S/C12H12BrF2N3O/c13-11-9(19-6-10(14)15)4-3-8-12(11)16-17-18(8)5-7-1-2-7/h3-4,7,10H,1-2,5-6H2. The number of hydrogen-bond donors (Lipinski definition) is 0. The van der Waals surface area contributed by atoms with E-state index in [1.807, 2.05) is 10.7 Å². The summed E-state index contributed by atoms with van der Waals surface area (Å²) in [5.74, 6) is 1.06. The number of nitrogens with zero attached hydrogens (tertiary/aromatic N) is 3. The molecule has 0 N–H and O–H groups in total. The van der Waals surface area contributed by atoms with Gasteiger partial charge in [0, 0.05) is 6.54 Å². The predicted molar refractivity (Wildman–Crippen MR) is 69.5 cm³/mol. The lowest BCUT2D eigenvalue weighted by atomic mass is 10.3. The summed E-state index contributed by atoms with van der Waals surface area (Å²) in [5, 5.41) is 8.19. The molecule has 1 heterocycles. The van der Waals surface area contributed by atoms with Crippen LogP contribution in [0.2, 0.25) is 0 Å². The van der Waals surface area contributed by atoms with Crippen molar-refractivity contribution in [3.63, 3.8) is 0 Å². The molecule has 0 unspecified atom stereocenters. The quantitative estimate of drug-likeness (QED) is 0.844. The minimum atomic E-state index is -2.49. The summed E-state index contributed by atoms with van der Waals surface area (Å²) in [5.41, 5.74) is 1.54. The Morgan fingerprint density at radius 2 is 2.21 bits per heavy atom. The fourth-order valence-electron chi connectivity index (χ4n) is 1.93. The summed E-state index contributed by atoms with van der Waals surface area (Å²) in [6.45, 7) is 0.237. The topological polar surface area (TPSA) is 39.9 Å². The lowest BCUT2D eigenvalue weighted by Gasteiger charge is -2.08. The number of aromatic nitrogens is 3. The Kier molecular flexibility index (Phi) is 3.38. The Balaban J connectivity index is 1.89. The second kappa shape index (κ2) is 5.03. The number of alkyl halides is 2. The van der Waals surface area contributed by atoms with Crippen LogP contribution in [0.25, 0.3) is 11.0 Å². The van der Waals surface area contributed by atoms with Gasteiger partial charge in [0.15, 0.2) is 0 Å². The number of hydrogen-bond acceptors (Lipinski definition) is 3. The SMILES string of the molecule is FC(F)COc1ccc2c(nnn2CC2CC2)c1Br. The molecule has 0 radical (unpaired) electrons. The van der Waals surface area contributed by atoms with Gasteiger partial charge in [-0.2, -0.15) is 0 Å². The molecule has 0 spiro atoms. The van der Waals surface area contributed by atoms with Gasteiger partial charge in [0.25, 0.3) is 6.43 Å². The zero-order valence-electron chi connectivity index (χ0n) is 10.0. The molecule has 0 bridgehead atoms. The fourth-order valence-corrected chi connectivity index (χ4v) is 2.46. The molecule has 0 atom stereocenters. The number of fused-ring (bicyclic) bond motifs is 1. The molecule has 0 aliphatic heterocycles. The van der Waals surface area contributed by atoms with Crippen LogP contribution in [0, 0.1) is 5.92 Å². The Morgan fingerprint density at radius 3 is 2.89 bits per heavy atom. The maximum Gasteiger partial charge on any atom is 0.272 e. The molecule has 1 saturated carbocycles. The van der Waals surface area contributed by atoms with Crippen molar-refractivity contribution in [1.29, 1.82) is 0 Å². The van der Waals surface area contributed by atoms with Crippen molar-refractivity contribution in [2.24, 2.45) is 5.92 Å². The van der Waals surface area contributed by atoms with E-state index in [4.69, 9.17) is 4.74 Å². The normalized spacial score (nSPS) is 15.4. The van der Waals surface area contributed by atoms with Crippen molar-refractivity contribution in [2.75, 3.05) is 6.61 Å². The van der Waals surface area contributed by atoms with E-state index in [1.54, 1.807) is 6.07 Å². The summed E-state index contributed by atoms with van der Waals surface area (Å²) in [4.78, 5) is 0. The van der Waals surface area contributed by atoms with Gasteiger partial charge in [0.05, 0.1) is 9.99 Å². The number of rotatable bonds is 5. The first kappa shape index (κ1) is 12.8. The molecule has 1 aliphatic carbocycles. The number of benzene rings is 1. The summed E-state index contributed by atoms with van der Waals surface area (Å²) < 4.78 is 31.8. The lowest BCUT2D eigenvalue weighted by Crippen LogP contribution is -2.07. The average molecular weight is 332 g/mol. The molecular formula is C12H12BrF2N3O. The maximum atomic E-state index is 12.1. The van der Waals surface area contributed by atoms with E-state index < -0.39 is 13.0 Å². The largest absolute Gasteiger partial charge is 0.486 e. The zero-order valence-corrected chi connectivity index (χ0v) is 11.6. The fraction of sp³-hybridized carbons (Fsp3) is 0.500. The molecule has 0 saturated heterocycles. The van der Waals surface area contributed by atoms with Gasteiger partial charge in [0.1, 0.15) is 17.9 Å². The van der Waals surface area contributed by atoms with Gasteiger partial charge in [-0.3, -0.25) is 0 Å². The Bertz CT molecular complexity index is 598. The highest BCUT2D eigenvalue weighted by Gasteiger charge is 2.23. The third-order valence-corrected chi connectivity index (χ3v) is 3.85. The summed E-state index contributed by atoms with van der Waals surface area (Å²) >= 11 is 3.34. The van der Waals surface area contributed by atoms with E-state index in [2.05, 4.69) is 26.2 Å². The van der Waals surface area contributed by atoms with E-state index in [0.717, 1.165) is 12.1 Å². The minimum Gasteiger partial charge on any atom is -0.486 e. The van der Waals surface area contributed by atoms with Gasteiger partial charge in [0.2, 0.25) is 0 Å². The van der Waals surface area contributed by atoms with Crippen LogP contribution in [0.3, 0.4) is 0 Å². The zero-order chi connectivity index (χ0) is 13.4. The Morgan fingerprint density at radius 1 is 1.42 bits per heavy atom. The summed E-state index contributed by atoms with van der Waals surface area (Å²) in [6.07, 6.45) is -0.0240.